The molecule has 0 unspecified atom stereocenters. The van der Waals surface area contributed by atoms with Crippen LogP contribution in [0.1, 0.15) is 12.5 Å². The lowest BCUT2D eigenvalue weighted by atomic mass is 10.2. The first kappa shape index (κ1) is 20.2. The Morgan fingerprint density at radius 3 is 2.42 bits per heavy atom. The van der Waals surface area contributed by atoms with Gasteiger partial charge in [-0.25, -0.2) is 0 Å². The summed E-state index contributed by atoms with van der Waals surface area (Å²) in [5, 5.41) is 4.91. The molecule has 5 nitrogen and oxygen atoms in total. The van der Waals surface area contributed by atoms with Gasteiger partial charge >= 0.3 is 6.18 Å². The molecule has 0 aliphatic rings. The van der Waals surface area contributed by atoms with Gasteiger partial charge in [0.15, 0.2) is 0 Å². The predicted octanol–water partition coefficient (Wildman–Crippen LogP) is 2.59. The third-order valence-corrected chi connectivity index (χ3v) is 3.38. The molecule has 2 N–H and O–H groups in total. The summed E-state index contributed by atoms with van der Waals surface area (Å²) in [6, 6.07) is 5.04. The molecule has 0 aromatic heterocycles. The lowest BCUT2D eigenvalue weighted by Gasteiger charge is -2.20. The van der Waals surface area contributed by atoms with Crippen LogP contribution in [0.3, 0.4) is 0 Å². The predicted molar refractivity (Wildman–Crippen MR) is 86.0 cm³/mol. The standard InChI is InChI=1S/C15H19ClF3N3O2/c1-3-22(7-13(23)20-9-15(17,18)19)8-14(24)21-12-6-11(16)5-4-10(12)2/h4-6H,3,7-9H2,1-2H3,(H,20,23)(H,21,24). The van der Waals surface area contributed by atoms with Crippen LogP contribution in [-0.2, 0) is 9.59 Å². The Labute approximate surface area is 143 Å². The number of rotatable bonds is 7. The molecule has 0 spiro atoms. The van der Waals surface area contributed by atoms with Gasteiger partial charge in [-0.15, -0.1) is 0 Å². The van der Waals surface area contributed by atoms with Gasteiger partial charge in [0, 0.05) is 10.7 Å². The SMILES string of the molecule is CCN(CC(=O)NCC(F)(F)F)CC(=O)Nc1cc(Cl)ccc1C. The van der Waals surface area contributed by atoms with Crippen LogP contribution in [0.2, 0.25) is 5.02 Å². The van der Waals surface area contributed by atoms with Crippen LogP contribution in [-0.4, -0.2) is 49.1 Å². The van der Waals surface area contributed by atoms with E-state index < -0.39 is 18.6 Å². The maximum Gasteiger partial charge on any atom is 0.405 e. The Morgan fingerprint density at radius 2 is 1.83 bits per heavy atom. The molecule has 0 aliphatic carbocycles. The van der Waals surface area contributed by atoms with Crippen molar-refractivity contribution < 1.29 is 22.8 Å². The van der Waals surface area contributed by atoms with E-state index in [2.05, 4.69) is 5.32 Å². The Hall–Kier alpha value is -1.80. The molecule has 0 fully saturated rings. The quantitative estimate of drug-likeness (QED) is 0.780. The van der Waals surface area contributed by atoms with E-state index in [0.29, 0.717) is 17.3 Å². The lowest BCUT2D eigenvalue weighted by molar-refractivity contribution is -0.139. The second-order valence-corrected chi connectivity index (χ2v) is 5.64. The largest absolute Gasteiger partial charge is 0.405 e. The maximum atomic E-state index is 12.1. The van der Waals surface area contributed by atoms with E-state index in [-0.39, 0.29) is 19.0 Å². The van der Waals surface area contributed by atoms with Crippen molar-refractivity contribution in [2.45, 2.75) is 20.0 Å². The van der Waals surface area contributed by atoms with Crippen molar-refractivity contribution in [3.05, 3.63) is 28.8 Å². The summed E-state index contributed by atoms with van der Waals surface area (Å²) >= 11 is 5.87. The summed E-state index contributed by atoms with van der Waals surface area (Å²) in [5.41, 5.74) is 1.36. The molecule has 0 heterocycles. The molecular weight excluding hydrogens is 347 g/mol. The van der Waals surface area contributed by atoms with E-state index >= 15 is 0 Å². The van der Waals surface area contributed by atoms with Crippen molar-refractivity contribution in [3.63, 3.8) is 0 Å². The molecular formula is C15H19ClF3N3O2. The third-order valence-electron chi connectivity index (χ3n) is 3.14. The van der Waals surface area contributed by atoms with E-state index in [9.17, 15) is 22.8 Å². The van der Waals surface area contributed by atoms with Crippen LogP contribution in [0.5, 0.6) is 0 Å². The molecule has 0 aliphatic heterocycles. The number of alkyl halides is 3. The second kappa shape index (κ2) is 8.89. The van der Waals surface area contributed by atoms with E-state index in [4.69, 9.17) is 11.6 Å². The average molecular weight is 366 g/mol. The number of hydrogen-bond donors (Lipinski definition) is 2. The van der Waals surface area contributed by atoms with Crippen molar-refractivity contribution in [2.75, 3.05) is 31.5 Å². The number of carbonyl (C=O) groups is 2. The number of hydrogen-bond acceptors (Lipinski definition) is 3. The number of amides is 2. The van der Waals surface area contributed by atoms with E-state index in [1.807, 2.05) is 0 Å². The monoisotopic (exact) mass is 365 g/mol. The number of nitrogens with one attached hydrogen (secondary N) is 2. The van der Waals surface area contributed by atoms with Crippen LogP contribution in [0.25, 0.3) is 0 Å². The zero-order chi connectivity index (χ0) is 18.3. The van der Waals surface area contributed by atoms with Gasteiger partial charge in [0.05, 0.1) is 13.1 Å². The highest BCUT2D eigenvalue weighted by molar-refractivity contribution is 6.31. The molecule has 2 amide bonds. The number of benzene rings is 1. The van der Waals surface area contributed by atoms with Gasteiger partial charge in [-0.05, 0) is 31.2 Å². The molecule has 0 saturated carbocycles. The first-order valence-corrected chi connectivity index (χ1v) is 7.60. The van der Waals surface area contributed by atoms with Crippen LogP contribution in [0, 0.1) is 6.92 Å². The minimum Gasteiger partial charge on any atom is -0.346 e. The number of nitrogens with zero attached hydrogens (tertiary/aromatic N) is 1. The summed E-state index contributed by atoms with van der Waals surface area (Å²) < 4.78 is 36.2. The van der Waals surface area contributed by atoms with E-state index in [0.717, 1.165) is 5.56 Å². The average Bonchev–Trinajstić information content (AvgIpc) is 2.47. The van der Waals surface area contributed by atoms with Crippen LogP contribution in [0.15, 0.2) is 18.2 Å². The van der Waals surface area contributed by atoms with Gasteiger partial charge in [-0.1, -0.05) is 24.6 Å². The molecule has 0 bridgehead atoms. The second-order valence-electron chi connectivity index (χ2n) is 5.20. The number of halogens is 4. The van der Waals surface area contributed by atoms with Gasteiger partial charge < -0.3 is 10.6 Å². The van der Waals surface area contributed by atoms with Gasteiger partial charge in [-0.3, -0.25) is 14.5 Å². The number of aryl methyl sites for hydroxylation is 1. The van der Waals surface area contributed by atoms with Crippen LogP contribution >= 0.6 is 11.6 Å². The highest BCUT2D eigenvalue weighted by Crippen LogP contribution is 2.20. The normalized spacial score (nSPS) is 11.5. The summed E-state index contributed by atoms with van der Waals surface area (Å²) in [5.74, 6) is -1.17. The molecule has 9 heteroatoms. The maximum absolute atomic E-state index is 12.1. The van der Waals surface area contributed by atoms with Crippen LogP contribution < -0.4 is 10.6 Å². The number of anilines is 1. The molecule has 0 atom stereocenters. The van der Waals surface area contributed by atoms with Crippen molar-refractivity contribution in [2.24, 2.45) is 0 Å². The summed E-state index contributed by atoms with van der Waals surface area (Å²) in [7, 11) is 0. The van der Waals surface area contributed by atoms with Crippen LogP contribution in [0.4, 0.5) is 18.9 Å². The molecule has 1 aromatic rings. The topological polar surface area (TPSA) is 61.4 Å². The van der Waals surface area contributed by atoms with Crippen molar-refractivity contribution >= 4 is 29.1 Å². The Bertz CT molecular complexity index is 594. The van der Waals surface area contributed by atoms with E-state index in [1.54, 1.807) is 37.4 Å². The lowest BCUT2D eigenvalue weighted by Crippen LogP contribution is -2.43. The fourth-order valence-electron chi connectivity index (χ4n) is 1.86. The molecule has 0 radical (unpaired) electrons. The van der Waals surface area contributed by atoms with E-state index in [1.165, 1.54) is 4.90 Å². The smallest absolute Gasteiger partial charge is 0.346 e. The zero-order valence-corrected chi connectivity index (χ0v) is 14.1. The summed E-state index contributed by atoms with van der Waals surface area (Å²) in [6.07, 6.45) is -4.46. The minimum atomic E-state index is -4.46. The van der Waals surface area contributed by atoms with Gasteiger partial charge in [0.25, 0.3) is 0 Å². The minimum absolute atomic E-state index is 0.123. The highest BCUT2D eigenvalue weighted by Gasteiger charge is 2.28. The first-order chi connectivity index (χ1) is 11.1. The molecule has 1 rings (SSSR count). The highest BCUT2D eigenvalue weighted by atomic mass is 35.5. The Kier molecular flexibility index (Phi) is 7.50. The fourth-order valence-corrected chi connectivity index (χ4v) is 2.03. The fraction of sp³-hybridized carbons (Fsp3) is 0.467. The number of carbonyl (C=O) groups excluding carboxylic acids is 2. The molecule has 0 saturated heterocycles. The van der Waals surface area contributed by atoms with Crippen molar-refractivity contribution in [1.82, 2.24) is 10.2 Å². The Morgan fingerprint density at radius 1 is 1.21 bits per heavy atom. The summed E-state index contributed by atoms with van der Waals surface area (Å²) in [4.78, 5) is 25.0. The molecule has 134 valence electrons. The molecule has 1 aromatic carbocycles. The van der Waals surface area contributed by atoms with Gasteiger partial charge in [0.2, 0.25) is 11.8 Å². The zero-order valence-electron chi connectivity index (χ0n) is 13.3. The van der Waals surface area contributed by atoms with Crippen molar-refractivity contribution in [3.8, 4) is 0 Å². The van der Waals surface area contributed by atoms with Gasteiger partial charge in [-0.2, -0.15) is 13.2 Å². The number of likely N-dealkylation sites (N-methyl/N-ethyl adjacent to an activating group) is 1. The third kappa shape index (κ3) is 7.65. The molecule has 24 heavy (non-hydrogen) atoms. The van der Waals surface area contributed by atoms with Gasteiger partial charge in [0.1, 0.15) is 6.54 Å². The Balaban J connectivity index is 2.53. The first-order valence-electron chi connectivity index (χ1n) is 7.22. The van der Waals surface area contributed by atoms with Crippen molar-refractivity contribution in [1.29, 1.82) is 0 Å². The summed E-state index contributed by atoms with van der Waals surface area (Å²) in [6.45, 7) is 2.03.